The first-order valence-electron chi connectivity index (χ1n) is 6.75. The number of aromatic nitrogens is 2. The van der Waals surface area contributed by atoms with E-state index in [2.05, 4.69) is 20.2 Å². The fourth-order valence-electron chi connectivity index (χ4n) is 2.45. The van der Waals surface area contributed by atoms with Crippen molar-refractivity contribution in [2.24, 2.45) is 5.92 Å². The molecule has 1 aliphatic rings. The van der Waals surface area contributed by atoms with Crippen LogP contribution in [0, 0.1) is 12.8 Å². The van der Waals surface area contributed by atoms with Gasteiger partial charge in [0.1, 0.15) is 4.90 Å². The molecule has 0 amide bonds. The predicted octanol–water partition coefficient (Wildman–Crippen LogP) is 0.141. The topological polar surface area (TPSA) is 96.1 Å². The summed E-state index contributed by atoms with van der Waals surface area (Å²) in [6.45, 7) is 5.18. The summed E-state index contributed by atoms with van der Waals surface area (Å²) in [6.07, 6.45) is 0.983. The van der Waals surface area contributed by atoms with E-state index >= 15 is 0 Å². The molecule has 1 saturated heterocycles. The molecule has 114 valence electrons. The molecule has 20 heavy (non-hydrogen) atoms. The first-order chi connectivity index (χ1) is 9.45. The maximum atomic E-state index is 12.4. The van der Waals surface area contributed by atoms with Crippen LogP contribution in [-0.2, 0) is 21.3 Å². The number of nitrogens with zero attached hydrogens (tertiary/aromatic N) is 1. The van der Waals surface area contributed by atoms with Crippen LogP contribution >= 0.6 is 0 Å². The standard InChI is InChI=1S/C12H22N4O3S/c1-8-12(11(7-13-3)16-15-8)20(17,18)14-6-10-4-5-19-9(10)2/h9-10,13-14H,4-7H2,1-3H3,(H,15,16). The second kappa shape index (κ2) is 6.21. The van der Waals surface area contributed by atoms with Gasteiger partial charge in [-0.2, -0.15) is 5.10 Å². The third-order valence-corrected chi connectivity index (χ3v) is 5.27. The van der Waals surface area contributed by atoms with Crippen molar-refractivity contribution in [2.75, 3.05) is 20.2 Å². The Hall–Kier alpha value is -0.960. The summed E-state index contributed by atoms with van der Waals surface area (Å²) < 4.78 is 33.0. The Bertz CT molecular complexity index is 555. The van der Waals surface area contributed by atoms with Crippen molar-refractivity contribution in [2.45, 2.75) is 37.8 Å². The van der Waals surface area contributed by atoms with E-state index in [1.807, 2.05) is 6.92 Å². The van der Waals surface area contributed by atoms with Crippen LogP contribution in [0.15, 0.2) is 4.90 Å². The third-order valence-electron chi connectivity index (χ3n) is 3.64. The molecule has 0 spiro atoms. The van der Waals surface area contributed by atoms with E-state index in [1.54, 1.807) is 14.0 Å². The average Bonchev–Trinajstić information content (AvgIpc) is 2.94. The van der Waals surface area contributed by atoms with E-state index in [-0.39, 0.29) is 16.9 Å². The molecule has 8 heteroatoms. The van der Waals surface area contributed by atoms with Gasteiger partial charge in [0.2, 0.25) is 10.0 Å². The van der Waals surface area contributed by atoms with E-state index < -0.39 is 10.0 Å². The highest BCUT2D eigenvalue weighted by molar-refractivity contribution is 7.89. The van der Waals surface area contributed by atoms with Crippen LogP contribution in [0.25, 0.3) is 0 Å². The molecule has 1 aromatic heterocycles. The summed E-state index contributed by atoms with van der Waals surface area (Å²) in [5, 5.41) is 9.69. The maximum Gasteiger partial charge on any atom is 0.244 e. The van der Waals surface area contributed by atoms with Gasteiger partial charge in [-0.05, 0) is 27.3 Å². The molecule has 2 rings (SSSR count). The molecule has 0 aromatic carbocycles. The van der Waals surface area contributed by atoms with E-state index in [4.69, 9.17) is 4.74 Å². The minimum atomic E-state index is -3.55. The highest BCUT2D eigenvalue weighted by atomic mass is 32.2. The maximum absolute atomic E-state index is 12.4. The molecule has 2 unspecified atom stereocenters. The molecule has 3 N–H and O–H groups in total. The van der Waals surface area contributed by atoms with Crippen LogP contribution < -0.4 is 10.0 Å². The van der Waals surface area contributed by atoms with Crippen LogP contribution in [0.1, 0.15) is 24.7 Å². The molecule has 1 aliphatic heterocycles. The van der Waals surface area contributed by atoms with Crippen molar-refractivity contribution >= 4 is 10.0 Å². The van der Waals surface area contributed by atoms with Crippen LogP contribution in [0.2, 0.25) is 0 Å². The second-order valence-corrected chi connectivity index (χ2v) is 6.84. The first-order valence-corrected chi connectivity index (χ1v) is 8.23. The van der Waals surface area contributed by atoms with Gasteiger partial charge in [0, 0.05) is 25.6 Å². The molecular weight excluding hydrogens is 280 g/mol. The second-order valence-electron chi connectivity index (χ2n) is 5.13. The van der Waals surface area contributed by atoms with Crippen molar-refractivity contribution in [3.63, 3.8) is 0 Å². The smallest absolute Gasteiger partial charge is 0.244 e. The van der Waals surface area contributed by atoms with Gasteiger partial charge < -0.3 is 10.1 Å². The highest BCUT2D eigenvalue weighted by Gasteiger charge is 2.28. The molecular formula is C12H22N4O3S. The van der Waals surface area contributed by atoms with Crippen molar-refractivity contribution < 1.29 is 13.2 Å². The first kappa shape index (κ1) is 15.4. The number of ether oxygens (including phenoxy) is 1. The van der Waals surface area contributed by atoms with E-state index in [9.17, 15) is 8.42 Å². The van der Waals surface area contributed by atoms with Gasteiger partial charge in [-0.25, -0.2) is 13.1 Å². The number of sulfonamides is 1. The number of rotatable bonds is 6. The molecule has 7 nitrogen and oxygen atoms in total. The van der Waals surface area contributed by atoms with Gasteiger partial charge in [0.05, 0.1) is 17.5 Å². The zero-order chi connectivity index (χ0) is 14.8. The molecule has 0 bridgehead atoms. The summed E-state index contributed by atoms with van der Waals surface area (Å²) in [5.74, 6) is 0.227. The number of nitrogens with one attached hydrogen (secondary N) is 3. The minimum absolute atomic E-state index is 0.0972. The van der Waals surface area contributed by atoms with Gasteiger partial charge in [0.25, 0.3) is 0 Å². The number of aryl methyl sites for hydroxylation is 1. The molecule has 2 atom stereocenters. The molecule has 1 aromatic rings. The van der Waals surface area contributed by atoms with Crippen LogP contribution in [-0.4, -0.2) is 44.9 Å². The monoisotopic (exact) mass is 302 g/mol. The van der Waals surface area contributed by atoms with Gasteiger partial charge in [-0.15, -0.1) is 0 Å². The van der Waals surface area contributed by atoms with E-state index in [0.29, 0.717) is 31.1 Å². The van der Waals surface area contributed by atoms with Crippen molar-refractivity contribution in [3.05, 3.63) is 11.4 Å². The molecule has 2 heterocycles. The highest BCUT2D eigenvalue weighted by Crippen LogP contribution is 2.21. The lowest BCUT2D eigenvalue weighted by Crippen LogP contribution is -2.32. The average molecular weight is 302 g/mol. The normalized spacial score (nSPS) is 23.4. The van der Waals surface area contributed by atoms with Gasteiger partial charge in [0.15, 0.2) is 0 Å². The van der Waals surface area contributed by atoms with Crippen molar-refractivity contribution in [3.8, 4) is 0 Å². The Morgan fingerprint density at radius 3 is 2.85 bits per heavy atom. The zero-order valence-electron chi connectivity index (χ0n) is 12.1. The zero-order valence-corrected chi connectivity index (χ0v) is 12.9. The van der Waals surface area contributed by atoms with Crippen LogP contribution in [0.5, 0.6) is 0 Å². The van der Waals surface area contributed by atoms with Crippen molar-refractivity contribution in [1.29, 1.82) is 0 Å². The summed E-state index contributed by atoms with van der Waals surface area (Å²) >= 11 is 0. The quantitative estimate of drug-likeness (QED) is 0.695. The molecule has 0 saturated carbocycles. The summed E-state index contributed by atoms with van der Waals surface area (Å²) in [6, 6.07) is 0. The number of hydrogen-bond donors (Lipinski definition) is 3. The Labute approximate surface area is 119 Å². The summed E-state index contributed by atoms with van der Waals surface area (Å²) in [5.41, 5.74) is 1.06. The van der Waals surface area contributed by atoms with E-state index in [1.165, 1.54) is 0 Å². The lowest BCUT2D eigenvalue weighted by atomic mass is 10.0. The Balaban J connectivity index is 2.12. The van der Waals surface area contributed by atoms with E-state index in [0.717, 1.165) is 6.42 Å². The Morgan fingerprint density at radius 1 is 1.50 bits per heavy atom. The summed E-state index contributed by atoms with van der Waals surface area (Å²) in [7, 11) is -1.80. The lowest BCUT2D eigenvalue weighted by Gasteiger charge is -2.15. The van der Waals surface area contributed by atoms with Gasteiger partial charge >= 0.3 is 0 Å². The van der Waals surface area contributed by atoms with Gasteiger partial charge in [-0.1, -0.05) is 0 Å². The fraction of sp³-hybridized carbons (Fsp3) is 0.750. The fourth-order valence-corrected chi connectivity index (χ4v) is 3.90. The molecule has 0 aliphatic carbocycles. The molecule has 1 fully saturated rings. The van der Waals surface area contributed by atoms with Crippen molar-refractivity contribution in [1.82, 2.24) is 20.2 Å². The largest absolute Gasteiger partial charge is 0.378 e. The number of aromatic amines is 1. The number of hydrogen-bond acceptors (Lipinski definition) is 5. The third kappa shape index (κ3) is 3.20. The molecule has 0 radical (unpaired) electrons. The predicted molar refractivity (Wildman–Crippen MR) is 74.8 cm³/mol. The Kier molecular flexibility index (Phi) is 4.79. The van der Waals surface area contributed by atoms with Crippen LogP contribution in [0.4, 0.5) is 0 Å². The van der Waals surface area contributed by atoms with Gasteiger partial charge in [-0.3, -0.25) is 5.10 Å². The number of H-pyrrole nitrogens is 1. The SMILES string of the molecule is CNCc1n[nH]c(C)c1S(=O)(=O)NCC1CCOC1C. The minimum Gasteiger partial charge on any atom is -0.378 e. The summed E-state index contributed by atoms with van der Waals surface area (Å²) in [4.78, 5) is 0.249. The Morgan fingerprint density at radius 2 is 2.25 bits per heavy atom. The van der Waals surface area contributed by atoms with Crippen LogP contribution in [0.3, 0.4) is 0 Å². The lowest BCUT2D eigenvalue weighted by molar-refractivity contribution is 0.107.